The molecule has 15 heavy (non-hydrogen) atoms. The summed E-state index contributed by atoms with van der Waals surface area (Å²) >= 11 is 0. The molecule has 1 saturated carbocycles. The van der Waals surface area contributed by atoms with Crippen LogP contribution in [0.2, 0.25) is 0 Å². The van der Waals surface area contributed by atoms with Crippen LogP contribution in [0.4, 0.5) is 0 Å². The fourth-order valence-electron chi connectivity index (χ4n) is 3.51. The van der Waals surface area contributed by atoms with Crippen molar-refractivity contribution < 1.29 is 5.11 Å². The van der Waals surface area contributed by atoms with Crippen LogP contribution in [-0.2, 0) is 0 Å². The number of hydrogen-bond donors (Lipinski definition) is 1. The van der Waals surface area contributed by atoms with Gasteiger partial charge in [0.15, 0.2) is 0 Å². The van der Waals surface area contributed by atoms with Gasteiger partial charge in [-0.05, 0) is 33.2 Å². The molecule has 86 valence electrons. The number of fused-ring (bicyclic) bond motifs is 1. The van der Waals surface area contributed by atoms with Gasteiger partial charge >= 0.3 is 0 Å². The first-order valence-corrected chi connectivity index (χ1v) is 6.16. The largest absolute Gasteiger partial charge is 0.385 e. The Morgan fingerprint density at radius 1 is 1.40 bits per heavy atom. The summed E-state index contributed by atoms with van der Waals surface area (Å²) in [7, 11) is 2.20. The number of hydrogen-bond acceptors (Lipinski definition) is 2. The highest BCUT2D eigenvalue weighted by Crippen LogP contribution is 2.43. The molecule has 2 heteroatoms. The first-order valence-electron chi connectivity index (χ1n) is 6.16. The highest BCUT2D eigenvalue weighted by molar-refractivity contribution is 5.10. The average Bonchev–Trinajstić information content (AvgIpc) is 2.26. The van der Waals surface area contributed by atoms with Crippen LogP contribution in [0.1, 0.15) is 39.0 Å². The van der Waals surface area contributed by atoms with Crippen LogP contribution in [0.3, 0.4) is 0 Å². The summed E-state index contributed by atoms with van der Waals surface area (Å²) in [5, 5.41) is 10.6. The van der Waals surface area contributed by atoms with E-state index in [0.717, 1.165) is 12.8 Å². The fraction of sp³-hybridized carbons (Fsp3) is 0.846. The van der Waals surface area contributed by atoms with E-state index >= 15 is 0 Å². The van der Waals surface area contributed by atoms with Gasteiger partial charge < -0.3 is 10.0 Å². The van der Waals surface area contributed by atoms with Gasteiger partial charge in [-0.2, -0.15) is 0 Å². The summed E-state index contributed by atoms with van der Waals surface area (Å²) in [4.78, 5) is 2.46. The predicted octanol–water partition coefficient (Wildman–Crippen LogP) is 2.19. The SMILES string of the molecule is C=C[C@]1(O)C[C@H](C)N(C)[C@H]2CCCC[C@@H]21. The van der Waals surface area contributed by atoms with Crippen LogP contribution >= 0.6 is 0 Å². The van der Waals surface area contributed by atoms with Crippen molar-refractivity contribution in [3.05, 3.63) is 12.7 Å². The molecule has 2 fully saturated rings. The Morgan fingerprint density at radius 3 is 2.73 bits per heavy atom. The molecule has 0 unspecified atom stereocenters. The van der Waals surface area contributed by atoms with Crippen LogP contribution in [0.5, 0.6) is 0 Å². The molecule has 0 amide bonds. The highest BCUT2D eigenvalue weighted by Gasteiger charge is 2.47. The minimum atomic E-state index is -0.614. The van der Waals surface area contributed by atoms with Gasteiger partial charge in [-0.15, -0.1) is 6.58 Å². The number of aliphatic hydroxyl groups is 1. The molecule has 0 bridgehead atoms. The minimum Gasteiger partial charge on any atom is -0.385 e. The van der Waals surface area contributed by atoms with Crippen molar-refractivity contribution in [3.8, 4) is 0 Å². The molecular weight excluding hydrogens is 186 g/mol. The summed E-state index contributed by atoms with van der Waals surface area (Å²) in [5.41, 5.74) is -0.614. The highest BCUT2D eigenvalue weighted by atomic mass is 16.3. The zero-order chi connectivity index (χ0) is 11.1. The van der Waals surface area contributed by atoms with Gasteiger partial charge in [0.25, 0.3) is 0 Å². The Bertz CT molecular complexity index is 253. The lowest BCUT2D eigenvalue weighted by atomic mass is 9.67. The van der Waals surface area contributed by atoms with Crippen LogP contribution in [0, 0.1) is 5.92 Å². The molecular formula is C13H23NO. The van der Waals surface area contributed by atoms with E-state index in [-0.39, 0.29) is 0 Å². The third-order valence-electron chi connectivity index (χ3n) is 4.57. The van der Waals surface area contributed by atoms with Gasteiger partial charge in [0.05, 0.1) is 5.60 Å². The zero-order valence-electron chi connectivity index (χ0n) is 9.95. The number of likely N-dealkylation sites (tertiary alicyclic amines) is 1. The van der Waals surface area contributed by atoms with Crippen molar-refractivity contribution in [2.45, 2.75) is 56.7 Å². The molecule has 1 heterocycles. The van der Waals surface area contributed by atoms with Crippen molar-refractivity contribution in [1.82, 2.24) is 4.90 Å². The van der Waals surface area contributed by atoms with Crippen molar-refractivity contribution in [3.63, 3.8) is 0 Å². The molecule has 1 saturated heterocycles. The molecule has 0 radical (unpaired) electrons. The Balaban J connectivity index is 2.25. The molecule has 0 aromatic heterocycles. The van der Waals surface area contributed by atoms with Gasteiger partial charge in [-0.1, -0.05) is 18.9 Å². The summed E-state index contributed by atoms with van der Waals surface area (Å²) in [6.07, 6.45) is 7.60. The van der Waals surface area contributed by atoms with Crippen molar-refractivity contribution in [1.29, 1.82) is 0 Å². The quantitative estimate of drug-likeness (QED) is 0.669. The summed E-state index contributed by atoms with van der Waals surface area (Å²) in [6.45, 7) is 6.05. The standard InChI is InChI=1S/C13H23NO/c1-4-13(15)9-10(2)14(3)12-8-6-5-7-11(12)13/h4,10-12,15H,1,5-9H2,2-3H3/t10-,11-,12-,13-/m0/s1. The molecule has 2 nitrogen and oxygen atoms in total. The van der Waals surface area contributed by atoms with Gasteiger partial charge in [-0.25, -0.2) is 0 Å². The number of nitrogens with zero attached hydrogens (tertiary/aromatic N) is 1. The van der Waals surface area contributed by atoms with E-state index in [0.29, 0.717) is 18.0 Å². The lowest BCUT2D eigenvalue weighted by molar-refractivity contribution is -0.0970. The van der Waals surface area contributed by atoms with E-state index in [4.69, 9.17) is 0 Å². The van der Waals surface area contributed by atoms with Crippen molar-refractivity contribution in [2.24, 2.45) is 5.92 Å². The number of piperidine rings is 1. The molecule has 1 N–H and O–H groups in total. The Kier molecular flexibility index (Phi) is 2.91. The monoisotopic (exact) mass is 209 g/mol. The Hall–Kier alpha value is -0.340. The maximum Gasteiger partial charge on any atom is 0.0882 e. The molecule has 0 aromatic rings. The maximum absolute atomic E-state index is 10.6. The van der Waals surface area contributed by atoms with Crippen molar-refractivity contribution >= 4 is 0 Å². The molecule has 4 atom stereocenters. The van der Waals surface area contributed by atoms with Gasteiger partial charge in [0.2, 0.25) is 0 Å². The molecule has 1 aliphatic heterocycles. The second kappa shape index (κ2) is 3.91. The summed E-state index contributed by atoms with van der Waals surface area (Å²) in [5.74, 6) is 0.407. The van der Waals surface area contributed by atoms with Crippen LogP contribution in [0.25, 0.3) is 0 Å². The van der Waals surface area contributed by atoms with E-state index in [1.165, 1.54) is 19.3 Å². The molecule has 1 aliphatic carbocycles. The van der Waals surface area contributed by atoms with Gasteiger partial charge in [0, 0.05) is 18.0 Å². The van der Waals surface area contributed by atoms with E-state index in [1.807, 2.05) is 0 Å². The maximum atomic E-state index is 10.6. The average molecular weight is 209 g/mol. The van der Waals surface area contributed by atoms with E-state index in [2.05, 4.69) is 25.5 Å². The lowest BCUT2D eigenvalue weighted by Crippen LogP contribution is -2.60. The Morgan fingerprint density at radius 2 is 2.07 bits per heavy atom. The fourth-order valence-corrected chi connectivity index (χ4v) is 3.51. The van der Waals surface area contributed by atoms with E-state index < -0.39 is 5.60 Å². The number of rotatable bonds is 1. The van der Waals surface area contributed by atoms with Crippen LogP contribution < -0.4 is 0 Å². The predicted molar refractivity (Wildman–Crippen MR) is 62.7 cm³/mol. The topological polar surface area (TPSA) is 23.5 Å². The van der Waals surface area contributed by atoms with Crippen molar-refractivity contribution in [2.75, 3.05) is 7.05 Å². The smallest absolute Gasteiger partial charge is 0.0882 e. The van der Waals surface area contributed by atoms with Gasteiger partial charge in [0.1, 0.15) is 0 Å². The first-order chi connectivity index (χ1) is 7.08. The normalized spacial score (nSPS) is 47.3. The third kappa shape index (κ3) is 1.74. The zero-order valence-corrected chi connectivity index (χ0v) is 9.95. The van der Waals surface area contributed by atoms with Crippen LogP contribution in [0.15, 0.2) is 12.7 Å². The van der Waals surface area contributed by atoms with Gasteiger partial charge in [-0.3, -0.25) is 0 Å². The van der Waals surface area contributed by atoms with Crippen LogP contribution in [-0.4, -0.2) is 34.7 Å². The first kappa shape index (κ1) is 11.2. The molecule has 0 aromatic carbocycles. The molecule has 2 aliphatic rings. The lowest BCUT2D eigenvalue weighted by Gasteiger charge is -2.53. The molecule has 2 rings (SSSR count). The summed E-state index contributed by atoms with van der Waals surface area (Å²) < 4.78 is 0. The minimum absolute atomic E-state index is 0.407. The van der Waals surface area contributed by atoms with E-state index in [1.54, 1.807) is 6.08 Å². The Labute approximate surface area is 93.0 Å². The van der Waals surface area contributed by atoms with E-state index in [9.17, 15) is 5.11 Å². The summed E-state index contributed by atoms with van der Waals surface area (Å²) in [6, 6.07) is 1.03. The second-order valence-corrected chi connectivity index (χ2v) is 5.37. The molecule has 0 spiro atoms. The second-order valence-electron chi connectivity index (χ2n) is 5.37. The third-order valence-corrected chi connectivity index (χ3v) is 4.57.